The van der Waals surface area contributed by atoms with Crippen molar-refractivity contribution < 1.29 is 14.3 Å². The van der Waals surface area contributed by atoms with Gasteiger partial charge >= 0.3 is 5.97 Å². The molecule has 0 aliphatic rings. The molecular formula is C30H46O3. The molecule has 0 radical (unpaired) electrons. The molecule has 0 spiro atoms. The summed E-state index contributed by atoms with van der Waals surface area (Å²) in [6, 6.07) is 11.8. The average molecular weight is 455 g/mol. The molecule has 0 saturated heterocycles. The smallest absolute Gasteiger partial charge is 0.342 e. The third-order valence-corrected chi connectivity index (χ3v) is 6.46. The van der Waals surface area contributed by atoms with Crippen LogP contribution in [0.5, 0.6) is 5.75 Å². The van der Waals surface area contributed by atoms with Crippen molar-refractivity contribution in [3.8, 4) is 5.75 Å². The molecule has 2 rings (SSSR count). The Bertz CT molecular complexity index is 796. The summed E-state index contributed by atoms with van der Waals surface area (Å²) in [5, 5.41) is 1.90. The van der Waals surface area contributed by atoms with Crippen LogP contribution in [0.15, 0.2) is 36.4 Å². The lowest BCUT2D eigenvalue weighted by atomic mass is 10.0. The number of unbranched alkanes of at least 4 members (excludes halogenated alkanes) is 12. The summed E-state index contributed by atoms with van der Waals surface area (Å²) < 4.78 is 11.0. The van der Waals surface area contributed by atoms with E-state index in [1.807, 2.05) is 36.4 Å². The second-order valence-corrected chi connectivity index (χ2v) is 9.78. The van der Waals surface area contributed by atoms with Crippen LogP contribution in [0.25, 0.3) is 10.8 Å². The third kappa shape index (κ3) is 10.6. The van der Waals surface area contributed by atoms with Crippen molar-refractivity contribution in [1.82, 2.24) is 0 Å². The van der Waals surface area contributed by atoms with Gasteiger partial charge in [-0.2, -0.15) is 0 Å². The van der Waals surface area contributed by atoms with Crippen molar-refractivity contribution in [2.45, 2.75) is 104 Å². The van der Waals surface area contributed by atoms with Crippen molar-refractivity contribution >= 4 is 16.7 Å². The fraction of sp³-hybridized carbons (Fsp3) is 0.633. The Morgan fingerprint density at radius 1 is 0.727 bits per heavy atom. The van der Waals surface area contributed by atoms with E-state index < -0.39 is 0 Å². The highest BCUT2D eigenvalue weighted by atomic mass is 16.5. The largest absolute Gasteiger partial charge is 0.493 e. The van der Waals surface area contributed by atoms with Crippen molar-refractivity contribution in [2.24, 2.45) is 5.92 Å². The maximum absolute atomic E-state index is 12.3. The molecule has 2 aromatic carbocycles. The van der Waals surface area contributed by atoms with Gasteiger partial charge in [0.1, 0.15) is 11.3 Å². The second kappa shape index (κ2) is 16.6. The Labute approximate surface area is 202 Å². The van der Waals surface area contributed by atoms with E-state index in [0.717, 1.165) is 23.1 Å². The van der Waals surface area contributed by atoms with Gasteiger partial charge in [-0.3, -0.25) is 0 Å². The van der Waals surface area contributed by atoms with Crippen LogP contribution in [0.3, 0.4) is 0 Å². The van der Waals surface area contributed by atoms with Gasteiger partial charge in [0.05, 0.1) is 13.7 Å². The van der Waals surface area contributed by atoms with Crippen molar-refractivity contribution in [2.75, 3.05) is 13.7 Å². The molecule has 33 heavy (non-hydrogen) atoms. The van der Waals surface area contributed by atoms with E-state index >= 15 is 0 Å². The van der Waals surface area contributed by atoms with Gasteiger partial charge in [0, 0.05) is 0 Å². The molecule has 0 saturated carbocycles. The van der Waals surface area contributed by atoms with E-state index in [9.17, 15) is 4.79 Å². The molecule has 0 atom stereocenters. The summed E-state index contributed by atoms with van der Waals surface area (Å²) in [7, 11) is 1.42. The number of hydrogen-bond donors (Lipinski definition) is 0. The maximum atomic E-state index is 12.3. The number of methoxy groups -OCH3 is 1. The van der Waals surface area contributed by atoms with E-state index in [0.29, 0.717) is 17.9 Å². The Balaban J connectivity index is 1.50. The standard InChI is InChI=1S/C30H46O3/c1-25(2)19-15-13-11-9-7-5-4-6-8-10-12-14-18-24-33-28-23-22-26-20-16-17-21-27(26)29(28)30(31)32-3/h16-17,20-23,25H,4-15,18-19,24H2,1-3H3. The first-order valence-corrected chi connectivity index (χ1v) is 13.4. The van der Waals surface area contributed by atoms with Crippen LogP contribution < -0.4 is 4.74 Å². The Kier molecular flexibility index (Phi) is 13.7. The van der Waals surface area contributed by atoms with Crippen LogP contribution in [0.1, 0.15) is 114 Å². The number of carbonyl (C=O) groups is 1. The van der Waals surface area contributed by atoms with E-state index in [2.05, 4.69) is 13.8 Å². The number of rotatable bonds is 18. The summed E-state index contributed by atoms with van der Waals surface area (Å²) in [4.78, 5) is 12.3. The molecule has 2 aromatic rings. The zero-order valence-electron chi connectivity index (χ0n) is 21.4. The quantitative estimate of drug-likeness (QED) is 0.166. The minimum atomic E-state index is -0.340. The number of benzene rings is 2. The average Bonchev–Trinajstić information content (AvgIpc) is 2.82. The normalized spacial score (nSPS) is 11.3. The van der Waals surface area contributed by atoms with Crippen LogP contribution in [-0.2, 0) is 4.74 Å². The zero-order valence-corrected chi connectivity index (χ0v) is 21.4. The Morgan fingerprint density at radius 3 is 1.85 bits per heavy atom. The minimum absolute atomic E-state index is 0.340. The van der Waals surface area contributed by atoms with Gasteiger partial charge in [-0.15, -0.1) is 0 Å². The lowest BCUT2D eigenvalue weighted by Crippen LogP contribution is -2.07. The highest BCUT2D eigenvalue weighted by molar-refractivity contribution is 6.07. The molecule has 0 amide bonds. The van der Waals surface area contributed by atoms with Crippen LogP contribution in [0.4, 0.5) is 0 Å². The highest BCUT2D eigenvalue weighted by Gasteiger charge is 2.17. The van der Waals surface area contributed by atoms with E-state index in [4.69, 9.17) is 9.47 Å². The summed E-state index contributed by atoms with van der Waals surface area (Å²) >= 11 is 0. The highest BCUT2D eigenvalue weighted by Crippen LogP contribution is 2.29. The lowest BCUT2D eigenvalue weighted by Gasteiger charge is -2.13. The third-order valence-electron chi connectivity index (χ3n) is 6.46. The Hall–Kier alpha value is -2.03. The molecular weight excluding hydrogens is 408 g/mol. The topological polar surface area (TPSA) is 35.5 Å². The number of ether oxygens (including phenoxy) is 2. The second-order valence-electron chi connectivity index (χ2n) is 9.78. The summed E-state index contributed by atoms with van der Waals surface area (Å²) in [5.74, 6) is 1.15. The molecule has 184 valence electrons. The molecule has 0 aliphatic carbocycles. The van der Waals surface area contributed by atoms with Gasteiger partial charge in [-0.25, -0.2) is 4.79 Å². The number of fused-ring (bicyclic) bond motifs is 1. The fourth-order valence-electron chi connectivity index (χ4n) is 4.47. The first kappa shape index (κ1) is 27.2. The van der Waals surface area contributed by atoms with Gasteiger partial charge in [0.2, 0.25) is 0 Å². The van der Waals surface area contributed by atoms with E-state index in [1.54, 1.807) is 0 Å². The van der Waals surface area contributed by atoms with Crippen molar-refractivity contribution in [3.63, 3.8) is 0 Å². The lowest BCUT2D eigenvalue weighted by molar-refractivity contribution is 0.0598. The van der Waals surface area contributed by atoms with Crippen LogP contribution in [0, 0.1) is 5.92 Å². The van der Waals surface area contributed by atoms with Crippen molar-refractivity contribution in [3.05, 3.63) is 42.0 Å². The molecule has 0 bridgehead atoms. The van der Waals surface area contributed by atoms with Gasteiger partial charge in [0.15, 0.2) is 0 Å². The predicted octanol–water partition coefficient (Wildman–Crippen LogP) is 9.12. The van der Waals surface area contributed by atoms with Gasteiger partial charge < -0.3 is 9.47 Å². The number of carbonyl (C=O) groups excluding carboxylic acids is 1. The van der Waals surface area contributed by atoms with E-state index in [-0.39, 0.29) is 5.97 Å². The number of hydrogen-bond acceptors (Lipinski definition) is 3. The van der Waals surface area contributed by atoms with Gasteiger partial charge in [-0.1, -0.05) is 128 Å². The summed E-state index contributed by atoms with van der Waals surface area (Å²) in [5.41, 5.74) is 0.533. The summed E-state index contributed by atoms with van der Waals surface area (Å²) in [6.45, 7) is 5.28. The van der Waals surface area contributed by atoms with Crippen LogP contribution in [-0.4, -0.2) is 19.7 Å². The zero-order chi connectivity index (χ0) is 23.7. The SMILES string of the molecule is COC(=O)c1c(OCCCCCCCCCCCCCCCC(C)C)ccc2ccccc12. The molecule has 0 unspecified atom stereocenters. The van der Waals surface area contributed by atoms with Crippen LogP contribution in [0.2, 0.25) is 0 Å². The molecule has 0 N–H and O–H groups in total. The van der Waals surface area contributed by atoms with Crippen molar-refractivity contribution in [1.29, 1.82) is 0 Å². The molecule has 0 fully saturated rings. The minimum Gasteiger partial charge on any atom is -0.493 e. The molecule has 0 aliphatic heterocycles. The number of esters is 1. The fourth-order valence-corrected chi connectivity index (χ4v) is 4.47. The first-order chi connectivity index (χ1) is 16.1. The maximum Gasteiger partial charge on any atom is 0.342 e. The molecule has 3 nitrogen and oxygen atoms in total. The Morgan fingerprint density at radius 2 is 1.27 bits per heavy atom. The van der Waals surface area contributed by atoms with Gasteiger partial charge in [-0.05, 0) is 29.2 Å². The monoisotopic (exact) mass is 454 g/mol. The molecule has 0 aromatic heterocycles. The summed E-state index contributed by atoms with van der Waals surface area (Å²) in [6.07, 6.45) is 18.8. The van der Waals surface area contributed by atoms with E-state index in [1.165, 1.54) is 90.6 Å². The molecule has 3 heteroatoms. The predicted molar refractivity (Wildman–Crippen MR) is 140 cm³/mol. The van der Waals surface area contributed by atoms with Gasteiger partial charge in [0.25, 0.3) is 0 Å². The first-order valence-electron chi connectivity index (χ1n) is 13.4. The van der Waals surface area contributed by atoms with Crippen LogP contribution >= 0.6 is 0 Å². The molecule has 0 heterocycles.